The minimum atomic E-state index is -0.578. The smallest absolute Gasteiger partial charge is 0.414 e. The summed E-state index contributed by atoms with van der Waals surface area (Å²) in [4.78, 5) is 19.0. The Hall–Kier alpha value is -3.44. The summed E-state index contributed by atoms with van der Waals surface area (Å²) in [5.41, 5.74) is 1.82. The van der Waals surface area contributed by atoms with Gasteiger partial charge in [-0.1, -0.05) is 6.07 Å². The third-order valence-electron chi connectivity index (χ3n) is 4.45. The van der Waals surface area contributed by atoms with Crippen LogP contribution in [0.15, 0.2) is 36.5 Å². The number of rotatable bonds is 7. The maximum absolute atomic E-state index is 14.8. The van der Waals surface area contributed by atoms with Gasteiger partial charge in [-0.05, 0) is 29.5 Å². The molecule has 1 N–H and O–H groups in total. The van der Waals surface area contributed by atoms with Gasteiger partial charge < -0.3 is 14.6 Å². The number of aryl methyl sites for hydroxylation is 1. The first-order valence-corrected chi connectivity index (χ1v) is 9.07. The number of aliphatic hydroxyl groups excluding tert-OH is 1. The Morgan fingerprint density at radius 2 is 2.23 bits per heavy atom. The average Bonchev–Trinajstić information content (AvgIpc) is 3.34. The summed E-state index contributed by atoms with van der Waals surface area (Å²) in [5.74, 6) is -0.120. The lowest BCUT2D eigenvalue weighted by Crippen LogP contribution is -2.26. The molecular formula is C19H18FN6O4. The number of tetrazole rings is 1. The van der Waals surface area contributed by atoms with Crippen molar-refractivity contribution < 1.29 is 23.8 Å². The number of hydrogen-bond acceptors (Lipinski definition) is 8. The molecule has 0 bridgehead atoms. The van der Waals surface area contributed by atoms with Gasteiger partial charge in [0, 0.05) is 17.3 Å². The van der Waals surface area contributed by atoms with Crippen molar-refractivity contribution in [3.8, 4) is 22.6 Å². The lowest BCUT2D eigenvalue weighted by atomic mass is 10.1. The molecule has 0 saturated carbocycles. The highest BCUT2D eigenvalue weighted by Gasteiger charge is 2.32. The van der Waals surface area contributed by atoms with E-state index < -0.39 is 18.0 Å². The molecule has 30 heavy (non-hydrogen) atoms. The molecule has 1 atom stereocenters. The molecule has 1 saturated heterocycles. The highest BCUT2D eigenvalue weighted by atomic mass is 19.1. The number of nitrogens with zero attached hydrogens (tertiary/aromatic N) is 6. The van der Waals surface area contributed by atoms with Crippen LogP contribution in [0, 0.1) is 12.4 Å². The van der Waals surface area contributed by atoms with Gasteiger partial charge in [0.15, 0.2) is 0 Å². The van der Waals surface area contributed by atoms with Gasteiger partial charge in [0.25, 0.3) is 0 Å². The van der Waals surface area contributed by atoms with Crippen LogP contribution < -0.4 is 4.90 Å². The van der Waals surface area contributed by atoms with Crippen LogP contribution in [-0.4, -0.2) is 62.3 Å². The van der Waals surface area contributed by atoms with Crippen molar-refractivity contribution in [2.75, 3.05) is 24.7 Å². The number of cyclic esters (lactones) is 1. The Morgan fingerprint density at radius 1 is 1.37 bits per heavy atom. The van der Waals surface area contributed by atoms with Crippen LogP contribution >= 0.6 is 0 Å². The SMILES string of the molecule is Cn1nnc(-c2ccc(-c3ccc(N4C[C@H](COC[CH]O)OC4=O)cc3F)cn2)n1. The van der Waals surface area contributed by atoms with Crippen molar-refractivity contribution in [2.24, 2.45) is 7.05 Å². The Labute approximate surface area is 170 Å². The van der Waals surface area contributed by atoms with E-state index in [1.54, 1.807) is 31.3 Å². The van der Waals surface area contributed by atoms with E-state index in [2.05, 4.69) is 20.4 Å². The molecule has 1 radical (unpaired) electrons. The molecule has 2 aromatic heterocycles. The zero-order valence-electron chi connectivity index (χ0n) is 16.0. The standard InChI is InChI=1S/C19H18FN6O4/c1-25-23-18(22-24-25)17-5-2-12(9-21-17)15-4-3-13(8-16(15)20)26-10-14(30-19(26)28)11-29-7-6-27/h2-6,8-9,14,27H,7,10-11H2,1H3/t14-/m1/s1. The fourth-order valence-electron chi connectivity index (χ4n) is 3.05. The lowest BCUT2D eigenvalue weighted by Gasteiger charge is -2.14. The van der Waals surface area contributed by atoms with Gasteiger partial charge >= 0.3 is 6.09 Å². The van der Waals surface area contributed by atoms with Crippen molar-refractivity contribution in [3.05, 3.63) is 49.0 Å². The van der Waals surface area contributed by atoms with Gasteiger partial charge in [-0.15, -0.1) is 10.2 Å². The summed E-state index contributed by atoms with van der Waals surface area (Å²) in [6.45, 7) is 1.27. The summed E-state index contributed by atoms with van der Waals surface area (Å²) in [5, 5.41) is 20.4. The molecule has 3 heterocycles. The molecule has 10 nitrogen and oxygen atoms in total. The van der Waals surface area contributed by atoms with E-state index >= 15 is 0 Å². The van der Waals surface area contributed by atoms with E-state index in [0.717, 1.165) is 6.61 Å². The summed E-state index contributed by atoms with van der Waals surface area (Å²) >= 11 is 0. The molecule has 3 aromatic rings. The van der Waals surface area contributed by atoms with Crippen molar-refractivity contribution in [1.29, 1.82) is 0 Å². The van der Waals surface area contributed by atoms with Crippen LogP contribution in [0.1, 0.15) is 0 Å². The number of pyridine rings is 1. The molecule has 0 aliphatic carbocycles. The van der Waals surface area contributed by atoms with E-state index in [4.69, 9.17) is 14.6 Å². The van der Waals surface area contributed by atoms with E-state index in [-0.39, 0.29) is 19.8 Å². The van der Waals surface area contributed by atoms with E-state index in [1.165, 1.54) is 22.0 Å². The van der Waals surface area contributed by atoms with Gasteiger partial charge in [-0.2, -0.15) is 4.80 Å². The number of benzene rings is 1. The third kappa shape index (κ3) is 4.11. The summed E-state index contributed by atoms with van der Waals surface area (Å²) < 4.78 is 25.1. The van der Waals surface area contributed by atoms with Crippen LogP contribution in [0.5, 0.6) is 0 Å². The Bertz CT molecular complexity index is 1040. The monoisotopic (exact) mass is 413 g/mol. The van der Waals surface area contributed by atoms with Crippen LogP contribution in [0.3, 0.4) is 0 Å². The first kappa shape index (κ1) is 19.9. The van der Waals surface area contributed by atoms with Crippen LogP contribution in [0.2, 0.25) is 0 Å². The van der Waals surface area contributed by atoms with Crippen LogP contribution in [0.4, 0.5) is 14.9 Å². The molecule has 1 aromatic carbocycles. The number of carbonyl (C=O) groups excluding carboxylic acids is 1. The van der Waals surface area contributed by atoms with Crippen molar-refractivity contribution >= 4 is 11.8 Å². The first-order valence-electron chi connectivity index (χ1n) is 9.07. The third-order valence-corrected chi connectivity index (χ3v) is 4.45. The van der Waals surface area contributed by atoms with Crippen molar-refractivity contribution in [1.82, 2.24) is 25.2 Å². The largest absolute Gasteiger partial charge is 0.441 e. The maximum atomic E-state index is 14.8. The van der Waals surface area contributed by atoms with Crippen LogP contribution in [0.25, 0.3) is 22.6 Å². The number of amides is 1. The molecule has 1 amide bonds. The normalized spacial score (nSPS) is 16.2. The van der Waals surface area contributed by atoms with Gasteiger partial charge in [-0.3, -0.25) is 9.88 Å². The molecule has 1 fully saturated rings. The first-order chi connectivity index (χ1) is 14.5. The molecule has 155 valence electrons. The molecule has 4 rings (SSSR count). The summed E-state index contributed by atoms with van der Waals surface area (Å²) in [7, 11) is 1.65. The predicted octanol–water partition coefficient (Wildman–Crippen LogP) is 1.95. The average molecular weight is 413 g/mol. The molecule has 0 unspecified atom stereocenters. The summed E-state index contributed by atoms with van der Waals surface area (Å²) in [6, 6.07) is 7.90. The number of aliphatic hydroxyl groups is 1. The number of aromatic nitrogens is 5. The second-order valence-corrected chi connectivity index (χ2v) is 6.54. The van der Waals surface area contributed by atoms with Crippen LogP contribution in [-0.2, 0) is 16.5 Å². The highest BCUT2D eigenvalue weighted by Crippen LogP contribution is 2.29. The molecule has 1 aliphatic rings. The van der Waals surface area contributed by atoms with Gasteiger partial charge in [0.05, 0.1) is 32.5 Å². The number of halogens is 1. The van der Waals surface area contributed by atoms with Crippen molar-refractivity contribution in [3.63, 3.8) is 0 Å². The summed E-state index contributed by atoms with van der Waals surface area (Å²) in [6.07, 6.45) is 0.456. The maximum Gasteiger partial charge on any atom is 0.414 e. The number of ether oxygens (including phenoxy) is 2. The zero-order chi connectivity index (χ0) is 21.1. The highest BCUT2D eigenvalue weighted by molar-refractivity contribution is 5.90. The minimum absolute atomic E-state index is 0.0388. The van der Waals surface area contributed by atoms with Gasteiger partial charge in [0.1, 0.15) is 24.2 Å². The molecule has 0 spiro atoms. The molecular weight excluding hydrogens is 395 g/mol. The fraction of sp³-hybridized carbons (Fsp3) is 0.263. The minimum Gasteiger partial charge on any atom is -0.441 e. The second-order valence-electron chi connectivity index (χ2n) is 6.54. The van der Waals surface area contributed by atoms with Gasteiger partial charge in [-0.25, -0.2) is 9.18 Å². The number of anilines is 1. The van der Waals surface area contributed by atoms with E-state index in [1.807, 2.05) is 0 Å². The predicted molar refractivity (Wildman–Crippen MR) is 102 cm³/mol. The number of hydrogen-bond donors (Lipinski definition) is 1. The number of carbonyl (C=O) groups is 1. The Kier molecular flexibility index (Phi) is 5.63. The quantitative estimate of drug-likeness (QED) is 0.585. The lowest BCUT2D eigenvalue weighted by molar-refractivity contribution is 0.0439. The Balaban J connectivity index is 1.49. The topological polar surface area (TPSA) is 115 Å². The van der Waals surface area contributed by atoms with Gasteiger partial charge in [0.2, 0.25) is 5.82 Å². The van der Waals surface area contributed by atoms with E-state index in [0.29, 0.717) is 28.3 Å². The molecule has 11 heteroatoms. The Morgan fingerprint density at radius 3 is 2.90 bits per heavy atom. The molecule has 1 aliphatic heterocycles. The van der Waals surface area contributed by atoms with E-state index in [9.17, 15) is 9.18 Å². The fourth-order valence-corrected chi connectivity index (χ4v) is 3.05. The second kappa shape index (κ2) is 8.51. The zero-order valence-corrected chi connectivity index (χ0v) is 16.0. The van der Waals surface area contributed by atoms with Crippen molar-refractivity contribution in [2.45, 2.75) is 6.10 Å².